The summed E-state index contributed by atoms with van der Waals surface area (Å²) in [6, 6.07) is 15.1. The Bertz CT molecular complexity index is 1030. The van der Waals surface area contributed by atoms with Crippen molar-refractivity contribution in [1.29, 1.82) is 0 Å². The van der Waals surface area contributed by atoms with Crippen molar-refractivity contribution >= 4 is 18.0 Å². The van der Waals surface area contributed by atoms with Crippen LogP contribution in [0.5, 0.6) is 0 Å². The van der Waals surface area contributed by atoms with Crippen molar-refractivity contribution in [2.75, 3.05) is 33.4 Å². The predicted octanol–water partition coefficient (Wildman–Crippen LogP) is 3.11. The maximum Gasteiger partial charge on any atom is 0.407 e. The molecule has 2 aromatic rings. The summed E-state index contributed by atoms with van der Waals surface area (Å²) in [5.74, 6) is -1.94. The Labute approximate surface area is 198 Å². The number of benzene rings is 2. The van der Waals surface area contributed by atoms with Crippen LogP contribution in [-0.2, 0) is 19.1 Å². The third-order valence-corrected chi connectivity index (χ3v) is 6.59. The lowest BCUT2D eigenvalue weighted by molar-refractivity contribution is -0.147. The molecule has 1 saturated heterocycles. The quantitative estimate of drug-likeness (QED) is 0.650. The lowest BCUT2D eigenvalue weighted by atomic mass is 9.90. The number of likely N-dealkylation sites (tertiary alicyclic amines) is 1. The number of carbonyl (C=O) groups excluding carboxylic acids is 2. The fourth-order valence-corrected chi connectivity index (χ4v) is 5.05. The number of methoxy groups -OCH3 is 1. The molecule has 1 aliphatic carbocycles. The van der Waals surface area contributed by atoms with Gasteiger partial charge in [0.2, 0.25) is 5.91 Å². The zero-order chi connectivity index (χ0) is 24.2. The Morgan fingerprint density at radius 1 is 1.06 bits per heavy atom. The van der Waals surface area contributed by atoms with Crippen LogP contribution in [0.4, 0.5) is 4.79 Å². The van der Waals surface area contributed by atoms with Crippen LogP contribution in [0.1, 0.15) is 30.4 Å². The molecule has 1 heterocycles. The van der Waals surface area contributed by atoms with E-state index in [0.717, 1.165) is 22.3 Å². The molecule has 0 radical (unpaired) electrons. The molecule has 1 aliphatic heterocycles. The van der Waals surface area contributed by atoms with Crippen LogP contribution in [0, 0.1) is 11.8 Å². The number of hydrogen-bond acceptors (Lipinski definition) is 5. The van der Waals surface area contributed by atoms with Crippen LogP contribution in [0.2, 0.25) is 0 Å². The van der Waals surface area contributed by atoms with Gasteiger partial charge in [0.15, 0.2) is 0 Å². The van der Waals surface area contributed by atoms with Gasteiger partial charge >= 0.3 is 12.1 Å². The fraction of sp³-hybridized carbons (Fsp3) is 0.423. The van der Waals surface area contributed by atoms with Gasteiger partial charge in [-0.15, -0.1) is 0 Å². The number of hydrogen-bond donors (Lipinski definition) is 2. The van der Waals surface area contributed by atoms with Gasteiger partial charge in [-0.05, 0) is 34.6 Å². The Hall–Kier alpha value is -3.39. The van der Waals surface area contributed by atoms with E-state index in [1.165, 1.54) is 12.0 Å². The molecule has 0 aromatic heterocycles. The molecule has 1 fully saturated rings. The summed E-state index contributed by atoms with van der Waals surface area (Å²) in [7, 11) is 1.44. The molecule has 0 spiro atoms. The molecule has 8 nitrogen and oxygen atoms in total. The van der Waals surface area contributed by atoms with Crippen LogP contribution in [0.3, 0.4) is 0 Å². The van der Waals surface area contributed by atoms with Gasteiger partial charge in [0.1, 0.15) is 12.6 Å². The first-order valence-electron chi connectivity index (χ1n) is 11.5. The van der Waals surface area contributed by atoms with Crippen molar-refractivity contribution in [3.05, 3.63) is 59.7 Å². The van der Waals surface area contributed by atoms with E-state index in [1.54, 1.807) is 0 Å². The highest BCUT2D eigenvalue weighted by Gasteiger charge is 2.36. The van der Waals surface area contributed by atoms with Gasteiger partial charge in [-0.25, -0.2) is 4.79 Å². The first-order valence-corrected chi connectivity index (χ1v) is 11.5. The Kier molecular flexibility index (Phi) is 7.17. The van der Waals surface area contributed by atoms with Crippen molar-refractivity contribution in [2.24, 2.45) is 11.8 Å². The normalized spacial score (nSPS) is 20.2. The molecule has 4 rings (SSSR count). The number of rotatable bonds is 7. The third-order valence-electron chi connectivity index (χ3n) is 6.59. The maximum atomic E-state index is 13.1. The molecule has 2 aliphatic rings. The number of nitrogens with one attached hydrogen (secondary N) is 1. The minimum absolute atomic E-state index is 0.0361. The molecule has 3 atom stereocenters. The molecule has 180 valence electrons. The van der Waals surface area contributed by atoms with Gasteiger partial charge in [0.05, 0.1) is 12.5 Å². The Balaban J connectivity index is 1.41. The van der Waals surface area contributed by atoms with Crippen LogP contribution in [0.15, 0.2) is 48.5 Å². The third kappa shape index (κ3) is 4.92. The second kappa shape index (κ2) is 10.3. The summed E-state index contributed by atoms with van der Waals surface area (Å²) in [5.41, 5.74) is 4.46. The molecule has 3 unspecified atom stereocenters. The minimum atomic E-state index is -0.958. The van der Waals surface area contributed by atoms with Crippen molar-refractivity contribution < 1.29 is 29.0 Å². The molecular weight excluding hydrogens is 436 g/mol. The zero-order valence-electron chi connectivity index (χ0n) is 19.4. The summed E-state index contributed by atoms with van der Waals surface area (Å²) in [6.07, 6.45) is -0.189. The van der Waals surface area contributed by atoms with Gasteiger partial charge in [-0.1, -0.05) is 55.5 Å². The highest BCUT2D eigenvalue weighted by molar-refractivity contribution is 5.86. The summed E-state index contributed by atoms with van der Waals surface area (Å²) >= 11 is 0. The van der Waals surface area contributed by atoms with E-state index < -0.39 is 24.0 Å². The van der Waals surface area contributed by atoms with Crippen LogP contribution < -0.4 is 5.32 Å². The number of amides is 2. The number of carbonyl (C=O) groups is 3. The fourth-order valence-electron chi connectivity index (χ4n) is 5.05. The van der Waals surface area contributed by atoms with E-state index in [2.05, 4.69) is 17.4 Å². The molecule has 8 heteroatoms. The summed E-state index contributed by atoms with van der Waals surface area (Å²) in [5, 5.41) is 12.0. The Morgan fingerprint density at radius 2 is 1.68 bits per heavy atom. The number of nitrogens with zero attached hydrogens (tertiary/aromatic N) is 1. The van der Waals surface area contributed by atoms with Gasteiger partial charge in [0, 0.05) is 26.1 Å². The SMILES string of the molecule is COCC(NC(=O)OCC1c2ccccc2-c2ccccc21)C(=O)N1CC(C)CC(C(=O)O)C1. The Morgan fingerprint density at radius 3 is 2.26 bits per heavy atom. The number of alkyl carbamates (subject to hydrolysis) is 1. The van der Waals surface area contributed by atoms with Gasteiger partial charge in [-0.2, -0.15) is 0 Å². The highest BCUT2D eigenvalue weighted by Crippen LogP contribution is 2.44. The van der Waals surface area contributed by atoms with E-state index in [0.29, 0.717) is 13.0 Å². The van der Waals surface area contributed by atoms with Crippen molar-refractivity contribution in [1.82, 2.24) is 10.2 Å². The minimum Gasteiger partial charge on any atom is -0.481 e. The highest BCUT2D eigenvalue weighted by atomic mass is 16.5. The molecule has 0 bridgehead atoms. The summed E-state index contributed by atoms with van der Waals surface area (Å²) in [4.78, 5) is 38.8. The smallest absolute Gasteiger partial charge is 0.407 e. The maximum absolute atomic E-state index is 13.1. The molecule has 2 N–H and O–H groups in total. The van der Waals surface area contributed by atoms with E-state index in [9.17, 15) is 19.5 Å². The molecule has 2 aromatic carbocycles. The first-order chi connectivity index (χ1) is 16.4. The van der Waals surface area contributed by atoms with Gasteiger partial charge < -0.3 is 24.8 Å². The number of carboxylic acid groups (broad SMARTS) is 1. The van der Waals surface area contributed by atoms with Crippen LogP contribution >= 0.6 is 0 Å². The second-order valence-corrected chi connectivity index (χ2v) is 9.10. The average Bonchev–Trinajstić information content (AvgIpc) is 3.15. The number of piperidine rings is 1. The van der Waals surface area contributed by atoms with E-state index >= 15 is 0 Å². The molecule has 34 heavy (non-hydrogen) atoms. The number of aliphatic carboxylic acids is 1. The standard InChI is InChI=1S/C26H30N2O6/c1-16-11-17(25(30)31)13-28(12-16)24(29)23(15-33-2)27-26(32)34-14-22-20-9-5-3-7-18(20)19-8-4-6-10-21(19)22/h3-10,16-17,22-23H,11-15H2,1-2H3,(H,27,32)(H,30,31). The number of carboxylic acids is 1. The topological polar surface area (TPSA) is 105 Å². The van der Waals surface area contributed by atoms with Crippen LogP contribution in [0.25, 0.3) is 11.1 Å². The van der Waals surface area contributed by atoms with E-state index in [-0.39, 0.29) is 37.5 Å². The van der Waals surface area contributed by atoms with Crippen LogP contribution in [-0.4, -0.2) is 67.4 Å². The molecular formula is C26H30N2O6. The average molecular weight is 467 g/mol. The monoisotopic (exact) mass is 466 g/mol. The molecule has 0 saturated carbocycles. The summed E-state index contributed by atoms with van der Waals surface area (Å²) < 4.78 is 10.7. The largest absolute Gasteiger partial charge is 0.481 e. The number of fused-ring (bicyclic) bond motifs is 3. The molecule has 2 amide bonds. The number of ether oxygens (including phenoxy) is 2. The lowest BCUT2D eigenvalue weighted by Gasteiger charge is -2.36. The first kappa shape index (κ1) is 23.8. The predicted molar refractivity (Wildman–Crippen MR) is 125 cm³/mol. The van der Waals surface area contributed by atoms with E-state index in [1.807, 2.05) is 43.3 Å². The van der Waals surface area contributed by atoms with Crippen molar-refractivity contribution in [2.45, 2.75) is 25.3 Å². The second-order valence-electron chi connectivity index (χ2n) is 9.10. The van der Waals surface area contributed by atoms with Gasteiger partial charge in [0.25, 0.3) is 0 Å². The van der Waals surface area contributed by atoms with Crippen molar-refractivity contribution in [3.63, 3.8) is 0 Å². The lowest BCUT2D eigenvalue weighted by Crippen LogP contribution is -2.55. The zero-order valence-corrected chi connectivity index (χ0v) is 19.4. The summed E-state index contributed by atoms with van der Waals surface area (Å²) in [6.45, 7) is 2.57. The van der Waals surface area contributed by atoms with Gasteiger partial charge in [-0.3, -0.25) is 9.59 Å². The van der Waals surface area contributed by atoms with Crippen molar-refractivity contribution in [3.8, 4) is 11.1 Å². The van der Waals surface area contributed by atoms with E-state index in [4.69, 9.17) is 9.47 Å².